The van der Waals surface area contributed by atoms with Crippen molar-refractivity contribution in [3.63, 3.8) is 0 Å². The number of urea groups is 1. The summed E-state index contributed by atoms with van der Waals surface area (Å²) in [5, 5.41) is 6.26. The molecule has 212 valence electrons. The molecule has 1 saturated heterocycles. The highest BCUT2D eigenvalue weighted by atomic mass is 16.5. The van der Waals surface area contributed by atoms with Crippen LogP contribution < -0.4 is 27.8 Å². The Morgan fingerprint density at radius 3 is 2.36 bits per heavy atom. The van der Waals surface area contributed by atoms with Crippen molar-refractivity contribution in [1.82, 2.24) is 24.7 Å². The van der Waals surface area contributed by atoms with Gasteiger partial charge in [-0.15, -0.1) is 0 Å². The monoisotopic (exact) mass is 540 g/mol. The quantitative estimate of drug-likeness (QED) is 0.398. The molecule has 4 rings (SSSR count). The third-order valence-corrected chi connectivity index (χ3v) is 7.40. The number of hydrogen-bond donors (Lipinski definition) is 4. The van der Waals surface area contributed by atoms with Gasteiger partial charge in [-0.05, 0) is 56.9 Å². The normalized spacial score (nSPS) is 22.0. The van der Waals surface area contributed by atoms with E-state index in [2.05, 4.69) is 15.6 Å². The largest absolute Gasteiger partial charge is 0.380 e. The molecule has 2 heterocycles. The first kappa shape index (κ1) is 28.7. The van der Waals surface area contributed by atoms with E-state index in [-0.39, 0.29) is 29.9 Å². The van der Waals surface area contributed by atoms with Gasteiger partial charge in [0, 0.05) is 58.1 Å². The minimum absolute atomic E-state index is 0.0793. The maximum absolute atomic E-state index is 12.7. The lowest BCUT2D eigenvalue weighted by molar-refractivity contribution is -0.137. The lowest BCUT2D eigenvalue weighted by Crippen LogP contribution is -2.58. The molecule has 0 radical (unpaired) electrons. The minimum atomic E-state index is -0.951. The molecule has 6 N–H and O–H groups in total. The number of amides is 3. The summed E-state index contributed by atoms with van der Waals surface area (Å²) < 4.78 is 6.93. The van der Waals surface area contributed by atoms with E-state index in [1.165, 1.54) is 4.57 Å². The van der Waals surface area contributed by atoms with Crippen LogP contribution in [0.25, 0.3) is 5.69 Å². The molecular weight excluding hydrogens is 500 g/mol. The molecule has 12 nitrogen and oxygen atoms in total. The average Bonchev–Trinajstić information content (AvgIpc) is 2.92. The Hall–Kier alpha value is -3.32. The Morgan fingerprint density at radius 2 is 1.74 bits per heavy atom. The van der Waals surface area contributed by atoms with E-state index in [0.29, 0.717) is 44.5 Å². The molecule has 1 aliphatic heterocycles. The molecule has 0 bridgehead atoms. The van der Waals surface area contributed by atoms with Gasteiger partial charge in [0.1, 0.15) is 5.82 Å². The van der Waals surface area contributed by atoms with Gasteiger partial charge in [-0.3, -0.25) is 14.7 Å². The molecule has 3 amide bonds. The molecule has 12 heteroatoms. The summed E-state index contributed by atoms with van der Waals surface area (Å²) in [7, 11) is 1.71. The maximum Gasteiger partial charge on any atom is 0.354 e. The van der Waals surface area contributed by atoms with Crippen LogP contribution in [-0.4, -0.2) is 88.3 Å². The fourth-order valence-corrected chi connectivity index (χ4v) is 5.02. The molecule has 2 unspecified atom stereocenters. The Labute approximate surface area is 228 Å². The van der Waals surface area contributed by atoms with Crippen molar-refractivity contribution in [1.29, 1.82) is 0 Å². The van der Waals surface area contributed by atoms with Crippen LogP contribution in [-0.2, 0) is 16.1 Å². The van der Waals surface area contributed by atoms with E-state index < -0.39 is 11.2 Å². The first-order valence-corrected chi connectivity index (χ1v) is 13.4. The predicted molar refractivity (Wildman–Crippen MR) is 149 cm³/mol. The van der Waals surface area contributed by atoms with Gasteiger partial charge in [-0.2, -0.15) is 4.98 Å². The highest BCUT2D eigenvalue weighted by Crippen LogP contribution is 2.20. The van der Waals surface area contributed by atoms with Crippen molar-refractivity contribution in [2.75, 3.05) is 38.6 Å². The Kier molecular flexibility index (Phi) is 9.01. The molecule has 2 fully saturated rings. The van der Waals surface area contributed by atoms with Crippen molar-refractivity contribution in [2.45, 2.75) is 63.4 Å². The molecule has 2 aliphatic rings. The molecule has 0 spiro atoms. The van der Waals surface area contributed by atoms with Gasteiger partial charge in [0.25, 0.3) is 0 Å². The molecule has 3 atom stereocenters. The number of anilines is 1. The minimum Gasteiger partial charge on any atom is -0.380 e. The second kappa shape index (κ2) is 12.2. The molecule has 1 aromatic carbocycles. The smallest absolute Gasteiger partial charge is 0.354 e. The van der Waals surface area contributed by atoms with Gasteiger partial charge in [-0.1, -0.05) is 12.1 Å². The van der Waals surface area contributed by atoms with Crippen LogP contribution in [0.4, 0.5) is 10.6 Å². The van der Waals surface area contributed by atoms with Crippen molar-refractivity contribution in [3.05, 3.63) is 52.6 Å². The van der Waals surface area contributed by atoms with Gasteiger partial charge in [0.05, 0.1) is 17.3 Å². The van der Waals surface area contributed by atoms with Crippen LogP contribution in [0.15, 0.2) is 41.3 Å². The molecule has 1 saturated carbocycles. The zero-order chi connectivity index (χ0) is 28.2. The fraction of sp³-hybridized carbons (Fsp3) is 0.556. The SMILES string of the molecule is CO[C@H]1CC(NCc2ccc(-n3ccc(NC(=O)N4CCN(C(=O)C(C)(C)N)CC4)nc3=O)cc2)CCC1N. The summed E-state index contributed by atoms with van der Waals surface area (Å²) in [5.74, 6) is 0.0250. The third-order valence-electron chi connectivity index (χ3n) is 7.40. The molecule has 1 aliphatic carbocycles. The van der Waals surface area contributed by atoms with Crippen LogP contribution in [0.3, 0.4) is 0 Å². The van der Waals surface area contributed by atoms with E-state index in [0.717, 1.165) is 24.8 Å². The van der Waals surface area contributed by atoms with Crippen molar-refractivity contribution in [2.24, 2.45) is 11.5 Å². The number of nitrogens with two attached hydrogens (primary N) is 2. The second-order valence-electron chi connectivity index (χ2n) is 10.9. The van der Waals surface area contributed by atoms with Gasteiger partial charge < -0.3 is 31.3 Å². The number of hydrogen-bond acceptors (Lipinski definition) is 8. The summed E-state index contributed by atoms with van der Waals surface area (Å²) in [4.78, 5) is 45.0. The Morgan fingerprint density at radius 1 is 1.08 bits per heavy atom. The number of nitrogens with zero attached hydrogens (tertiary/aromatic N) is 4. The number of piperazine rings is 1. The summed E-state index contributed by atoms with van der Waals surface area (Å²) in [5.41, 5.74) is 12.3. The van der Waals surface area contributed by atoms with Crippen LogP contribution >= 0.6 is 0 Å². The van der Waals surface area contributed by atoms with E-state index in [1.807, 2.05) is 24.3 Å². The van der Waals surface area contributed by atoms with Gasteiger partial charge >= 0.3 is 11.7 Å². The highest BCUT2D eigenvalue weighted by molar-refractivity contribution is 5.89. The van der Waals surface area contributed by atoms with Crippen LogP contribution in [0.1, 0.15) is 38.7 Å². The third kappa shape index (κ3) is 7.21. The zero-order valence-corrected chi connectivity index (χ0v) is 22.9. The maximum atomic E-state index is 12.7. The van der Waals surface area contributed by atoms with E-state index in [1.54, 1.807) is 43.0 Å². The number of aromatic nitrogens is 2. The number of nitrogens with one attached hydrogen (secondary N) is 2. The first-order valence-electron chi connectivity index (χ1n) is 13.4. The Balaban J connectivity index is 1.29. The summed E-state index contributed by atoms with van der Waals surface area (Å²) in [6.07, 6.45) is 4.52. The van der Waals surface area contributed by atoms with Crippen molar-refractivity contribution >= 4 is 17.8 Å². The lowest BCUT2D eigenvalue weighted by atomic mass is 9.89. The Bertz CT molecular complexity index is 1200. The summed E-state index contributed by atoms with van der Waals surface area (Å²) in [6.45, 7) is 5.58. The standard InChI is InChI=1S/C27H40N8O4/c1-27(2,29)24(36)33-12-14-34(15-13-33)25(37)31-23-10-11-35(26(38)32-23)20-7-4-18(5-8-20)17-30-19-6-9-21(28)22(16-19)39-3/h4-5,7-8,10-11,19,21-22,30H,6,9,12-17,28-29H2,1-3H3,(H,31,32,37,38)/t19?,21?,22-/m0/s1. The van der Waals surface area contributed by atoms with Crippen molar-refractivity contribution < 1.29 is 14.3 Å². The van der Waals surface area contributed by atoms with Gasteiger partial charge in [0.2, 0.25) is 5.91 Å². The summed E-state index contributed by atoms with van der Waals surface area (Å²) >= 11 is 0. The fourth-order valence-electron chi connectivity index (χ4n) is 5.02. The number of carbonyl (C=O) groups is 2. The van der Waals surface area contributed by atoms with Crippen LogP contribution in [0.2, 0.25) is 0 Å². The van der Waals surface area contributed by atoms with E-state index in [9.17, 15) is 14.4 Å². The number of methoxy groups -OCH3 is 1. The molecule has 39 heavy (non-hydrogen) atoms. The number of rotatable bonds is 7. The average molecular weight is 541 g/mol. The van der Waals surface area contributed by atoms with E-state index >= 15 is 0 Å². The number of ether oxygens (including phenoxy) is 1. The molecule has 1 aromatic heterocycles. The molecule has 2 aromatic rings. The second-order valence-corrected chi connectivity index (χ2v) is 10.9. The van der Waals surface area contributed by atoms with Crippen LogP contribution in [0.5, 0.6) is 0 Å². The highest BCUT2D eigenvalue weighted by Gasteiger charge is 2.31. The van der Waals surface area contributed by atoms with Crippen molar-refractivity contribution in [3.8, 4) is 5.69 Å². The van der Waals surface area contributed by atoms with Gasteiger partial charge in [0.15, 0.2) is 0 Å². The first-order chi connectivity index (χ1) is 18.5. The van der Waals surface area contributed by atoms with Gasteiger partial charge in [-0.25, -0.2) is 9.59 Å². The number of benzene rings is 1. The lowest BCUT2D eigenvalue weighted by Gasteiger charge is -2.37. The van der Waals surface area contributed by atoms with Crippen LogP contribution in [0, 0.1) is 0 Å². The summed E-state index contributed by atoms with van der Waals surface area (Å²) in [6, 6.07) is 9.36. The topological polar surface area (TPSA) is 161 Å². The zero-order valence-electron chi connectivity index (χ0n) is 22.9. The number of carbonyl (C=O) groups excluding carboxylic acids is 2. The molecular formula is C27H40N8O4. The van der Waals surface area contributed by atoms with E-state index in [4.69, 9.17) is 16.2 Å². The predicted octanol–water partition coefficient (Wildman–Crippen LogP) is 0.630.